The maximum Gasteiger partial charge on any atom is 0.257 e. The van der Waals surface area contributed by atoms with Crippen molar-refractivity contribution in [3.63, 3.8) is 0 Å². The van der Waals surface area contributed by atoms with Crippen LogP contribution >= 0.6 is 28.1 Å². The molecule has 0 unspecified atom stereocenters. The molecule has 6 heteroatoms. The summed E-state index contributed by atoms with van der Waals surface area (Å²) < 4.78 is 6.64. The molecule has 142 valence electrons. The number of benzene rings is 3. The van der Waals surface area contributed by atoms with Gasteiger partial charge in [0.1, 0.15) is 12.4 Å². The van der Waals surface area contributed by atoms with Gasteiger partial charge in [-0.15, -0.1) is 0 Å². The standard InChI is InChI=1S/C22H19BrN2O2S/c1-15-7-8-17(13-20(15)23)21(26)25-22(28)24-18-9-11-19(12-10-18)27-14-16-5-3-2-4-6-16/h2-13H,14H2,1H3,(H2,24,25,26,28). The van der Waals surface area contributed by atoms with Gasteiger partial charge in [0.25, 0.3) is 5.91 Å². The van der Waals surface area contributed by atoms with Crippen molar-refractivity contribution in [2.24, 2.45) is 0 Å². The maximum absolute atomic E-state index is 12.3. The molecule has 2 N–H and O–H groups in total. The number of amides is 1. The first kappa shape index (κ1) is 20.0. The van der Waals surface area contributed by atoms with Crippen LogP contribution in [0.5, 0.6) is 5.75 Å². The first-order valence-corrected chi connectivity index (χ1v) is 9.86. The van der Waals surface area contributed by atoms with Crippen molar-refractivity contribution in [2.75, 3.05) is 5.32 Å². The van der Waals surface area contributed by atoms with Crippen molar-refractivity contribution in [1.29, 1.82) is 0 Å². The molecule has 3 rings (SSSR count). The summed E-state index contributed by atoms with van der Waals surface area (Å²) in [5.74, 6) is 0.495. The van der Waals surface area contributed by atoms with Gasteiger partial charge < -0.3 is 10.1 Å². The van der Waals surface area contributed by atoms with E-state index in [1.807, 2.05) is 67.6 Å². The van der Waals surface area contributed by atoms with Gasteiger partial charge in [-0.2, -0.15) is 0 Å². The number of aryl methyl sites for hydroxylation is 1. The highest BCUT2D eigenvalue weighted by atomic mass is 79.9. The van der Waals surface area contributed by atoms with Crippen molar-refractivity contribution in [1.82, 2.24) is 5.32 Å². The van der Waals surface area contributed by atoms with Gasteiger partial charge in [0.2, 0.25) is 0 Å². The lowest BCUT2D eigenvalue weighted by molar-refractivity contribution is 0.0977. The Morgan fingerprint density at radius 1 is 1.04 bits per heavy atom. The number of hydrogen-bond donors (Lipinski definition) is 2. The van der Waals surface area contributed by atoms with Crippen LogP contribution in [-0.2, 0) is 6.61 Å². The number of ether oxygens (including phenoxy) is 1. The molecular formula is C22H19BrN2O2S. The quantitative estimate of drug-likeness (QED) is 0.502. The van der Waals surface area contributed by atoms with Crippen molar-refractivity contribution in [2.45, 2.75) is 13.5 Å². The molecule has 3 aromatic carbocycles. The first-order valence-electron chi connectivity index (χ1n) is 8.66. The van der Waals surface area contributed by atoms with E-state index in [4.69, 9.17) is 17.0 Å². The van der Waals surface area contributed by atoms with Crippen LogP contribution in [0.15, 0.2) is 77.3 Å². The molecule has 0 aliphatic heterocycles. The summed E-state index contributed by atoms with van der Waals surface area (Å²) in [4.78, 5) is 12.3. The third kappa shape index (κ3) is 5.65. The SMILES string of the molecule is Cc1ccc(C(=O)NC(=S)Nc2ccc(OCc3ccccc3)cc2)cc1Br. The summed E-state index contributed by atoms with van der Waals surface area (Å²) in [6.45, 7) is 2.47. The molecular weight excluding hydrogens is 436 g/mol. The zero-order chi connectivity index (χ0) is 19.9. The fourth-order valence-corrected chi connectivity index (χ4v) is 3.04. The average Bonchev–Trinajstić information content (AvgIpc) is 2.70. The Kier molecular flexibility index (Phi) is 6.79. The van der Waals surface area contributed by atoms with Crippen molar-refractivity contribution in [3.8, 4) is 5.75 Å². The Labute approximate surface area is 178 Å². The largest absolute Gasteiger partial charge is 0.489 e. The monoisotopic (exact) mass is 454 g/mol. The van der Waals surface area contributed by atoms with Gasteiger partial charge >= 0.3 is 0 Å². The molecule has 0 radical (unpaired) electrons. The third-order valence-electron chi connectivity index (χ3n) is 4.02. The van der Waals surface area contributed by atoms with Crippen LogP contribution < -0.4 is 15.4 Å². The third-order valence-corrected chi connectivity index (χ3v) is 5.08. The lowest BCUT2D eigenvalue weighted by Crippen LogP contribution is -2.34. The summed E-state index contributed by atoms with van der Waals surface area (Å²) in [5.41, 5.74) is 3.47. The maximum atomic E-state index is 12.3. The summed E-state index contributed by atoms with van der Waals surface area (Å²) in [6, 6.07) is 22.8. The topological polar surface area (TPSA) is 50.4 Å². The van der Waals surface area contributed by atoms with Crippen molar-refractivity contribution >= 4 is 44.9 Å². The van der Waals surface area contributed by atoms with E-state index in [9.17, 15) is 4.79 Å². The molecule has 3 aromatic rings. The minimum absolute atomic E-state index is 0.236. The van der Waals surface area contributed by atoms with Gasteiger partial charge in [-0.3, -0.25) is 10.1 Å². The molecule has 4 nitrogen and oxygen atoms in total. The second kappa shape index (κ2) is 9.48. The van der Waals surface area contributed by atoms with E-state index in [2.05, 4.69) is 26.6 Å². The van der Waals surface area contributed by atoms with Gasteiger partial charge in [-0.05, 0) is 66.7 Å². The Bertz CT molecular complexity index is 976. The van der Waals surface area contributed by atoms with Gasteiger partial charge in [-0.25, -0.2) is 0 Å². The van der Waals surface area contributed by atoms with Gasteiger partial charge in [0.15, 0.2) is 5.11 Å². The van der Waals surface area contributed by atoms with Gasteiger partial charge in [0.05, 0.1) is 0 Å². The van der Waals surface area contributed by atoms with Gasteiger partial charge in [0, 0.05) is 15.7 Å². The van der Waals surface area contributed by atoms with Crippen molar-refractivity contribution < 1.29 is 9.53 Å². The number of thiocarbonyl (C=S) groups is 1. The van der Waals surface area contributed by atoms with Crippen molar-refractivity contribution in [3.05, 3.63) is 94.0 Å². The smallest absolute Gasteiger partial charge is 0.257 e. The number of rotatable bonds is 5. The Morgan fingerprint density at radius 3 is 2.43 bits per heavy atom. The van der Waals surface area contributed by atoms with E-state index in [0.717, 1.165) is 27.0 Å². The van der Waals surface area contributed by atoms with Crippen LogP contribution in [0.3, 0.4) is 0 Å². The number of hydrogen-bond acceptors (Lipinski definition) is 3. The van der Waals surface area contributed by atoms with Gasteiger partial charge in [-0.1, -0.05) is 52.3 Å². The molecule has 28 heavy (non-hydrogen) atoms. The molecule has 0 spiro atoms. The van der Waals surface area contributed by atoms with Crippen LogP contribution in [0.25, 0.3) is 0 Å². The second-order valence-electron chi connectivity index (χ2n) is 6.17. The molecule has 0 saturated carbocycles. The van der Waals surface area contributed by atoms with Crippen LogP contribution in [0.4, 0.5) is 5.69 Å². The van der Waals surface area contributed by atoms with Crippen LogP contribution in [0.2, 0.25) is 0 Å². The number of halogens is 1. The predicted molar refractivity (Wildman–Crippen MR) is 120 cm³/mol. The average molecular weight is 455 g/mol. The predicted octanol–water partition coefficient (Wildman–Crippen LogP) is 5.46. The zero-order valence-electron chi connectivity index (χ0n) is 15.2. The molecule has 0 aliphatic rings. The molecule has 0 saturated heterocycles. The summed E-state index contributed by atoms with van der Waals surface area (Å²) in [5, 5.41) is 5.92. The molecule has 0 heterocycles. The highest BCUT2D eigenvalue weighted by molar-refractivity contribution is 9.10. The number of anilines is 1. The van der Waals surface area contributed by atoms with E-state index >= 15 is 0 Å². The second-order valence-corrected chi connectivity index (χ2v) is 7.43. The highest BCUT2D eigenvalue weighted by Gasteiger charge is 2.09. The summed E-state index contributed by atoms with van der Waals surface area (Å²) in [7, 11) is 0. The van der Waals surface area contributed by atoms with E-state index < -0.39 is 0 Å². The molecule has 0 fully saturated rings. The molecule has 0 bridgehead atoms. The molecule has 0 atom stereocenters. The van der Waals surface area contributed by atoms with E-state index in [0.29, 0.717) is 12.2 Å². The zero-order valence-corrected chi connectivity index (χ0v) is 17.6. The Morgan fingerprint density at radius 2 is 1.75 bits per heavy atom. The molecule has 0 aromatic heterocycles. The Balaban J connectivity index is 1.52. The first-order chi connectivity index (χ1) is 13.5. The molecule has 1 amide bonds. The number of carbonyl (C=O) groups excluding carboxylic acids is 1. The van der Waals surface area contributed by atoms with E-state index in [1.165, 1.54) is 0 Å². The van der Waals surface area contributed by atoms with E-state index in [-0.39, 0.29) is 11.0 Å². The summed E-state index contributed by atoms with van der Waals surface area (Å²) in [6.07, 6.45) is 0. The number of nitrogens with one attached hydrogen (secondary N) is 2. The lowest BCUT2D eigenvalue weighted by Gasteiger charge is -2.11. The van der Waals surface area contributed by atoms with Crippen LogP contribution in [-0.4, -0.2) is 11.0 Å². The number of carbonyl (C=O) groups is 1. The van der Waals surface area contributed by atoms with E-state index in [1.54, 1.807) is 12.1 Å². The summed E-state index contributed by atoms with van der Waals surface area (Å²) >= 11 is 8.66. The Hall–Kier alpha value is -2.70. The van der Waals surface area contributed by atoms with Crippen LogP contribution in [0, 0.1) is 6.92 Å². The fourth-order valence-electron chi connectivity index (χ4n) is 2.45. The lowest BCUT2D eigenvalue weighted by atomic mass is 10.1. The minimum Gasteiger partial charge on any atom is -0.489 e. The van der Waals surface area contributed by atoms with Crippen LogP contribution in [0.1, 0.15) is 21.5 Å². The molecule has 0 aliphatic carbocycles. The highest BCUT2D eigenvalue weighted by Crippen LogP contribution is 2.18. The fraction of sp³-hybridized carbons (Fsp3) is 0.0909. The normalized spacial score (nSPS) is 10.2. The minimum atomic E-state index is -0.263.